The van der Waals surface area contributed by atoms with Gasteiger partial charge in [-0.2, -0.15) is 0 Å². The van der Waals surface area contributed by atoms with Gasteiger partial charge in [0.05, 0.1) is 16.2 Å². The summed E-state index contributed by atoms with van der Waals surface area (Å²) in [6, 6.07) is 16.4. The standard InChI is InChI=1S/C27H36N2O5S/c1-20(2)19-27(15-18-29(26(27)32)17-14-22-7-5-4-6-8-22)24(25(30)31)13-16-28-35(33,34)23-11-9-21(3)10-12-23/h4-12,20,24,28H,13-19H2,1-3H3,(H,30,31). The van der Waals surface area contributed by atoms with Gasteiger partial charge in [0.1, 0.15) is 0 Å². The molecule has 2 N–H and O–H groups in total. The molecular formula is C27H36N2O5S. The molecular weight excluding hydrogens is 464 g/mol. The third kappa shape index (κ3) is 6.49. The van der Waals surface area contributed by atoms with E-state index in [0.717, 1.165) is 11.1 Å². The Labute approximate surface area is 208 Å². The molecule has 1 aliphatic heterocycles. The average Bonchev–Trinajstić information content (AvgIpc) is 3.11. The van der Waals surface area contributed by atoms with Crippen LogP contribution in [0.1, 0.15) is 44.2 Å². The molecule has 3 rings (SSSR count). The summed E-state index contributed by atoms with van der Waals surface area (Å²) in [6.07, 6.45) is 1.67. The number of benzene rings is 2. The van der Waals surface area contributed by atoms with E-state index in [1.165, 1.54) is 12.1 Å². The summed E-state index contributed by atoms with van der Waals surface area (Å²) in [5.41, 5.74) is 1.04. The maximum absolute atomic E-state index is 13.7. The highest BCUT2D eigenvalue weighted by atomic mass is 32.2. The fourth-order valence-electron chi connectivity index (χ4n) is 5.14. The molecule has 1 amide bonds. The van der Waals surface area contributed by atoms with Gasteiger partial charge in [-0.3, -0.25) is 9.59 Å². The van der Waals surface area contributed by atoms with Gasteiger partial charge in [-0.25, -0.2) is 13.1 Å². The van der Waals surface area contributed by atoms with Crippen molar-refractivity contribution in [3.05, 3.63) is 65.7 Å². The lowest BCUT2D eigenvalue weighted by Crippen LogP contribution is -2.45. The van der Waals surface area contributed by atoms with Crippen molar-refractivity contribution in [1.29, 1.82) is 0 Å². The molecule has 7 nitrogen and oxygen atoms in total. The number of aryl methyl sites for hydroxylation is 1. The first kappa shape index (κ1) is 26.9. The molecule has 1 heterocycles. The Kier molecular flexibility index (Phi) is 8.72. The zero-order valence-corrected chi connectivity index (χ0v) is 21.6. The number of aliphatic carboxylic acids is 1. The Morgan fingerprint density at radius 1 is 1.11 bits per heavy atom. The first-order valence-corrected chi connectivity index (χ1v) is 13.7. The van der Waals surface area contributed by atoms with Crippen LogP contribution in [0.3, 0.4) is 0 Å². The van der Waals surface area contributed by atoms with E-state index in [4.69, 9.17) is 0 Å². The molecule has 2 atom stereocenters. The highest BCUT2D eigenvalue weighted by Gasteiger charge is 2.54. The lowest BCUT2D eigenvalue weighted by molar-refractivity contribution is -0.155. The minimum Gasteiger partial charge on any atom is -0.481 e. The van der Waals surface area contributed by atoms with Crippen LogP contribution in [0.15, 0.2) is 59.5 Å². The van der Waals surface area contributed by atoms with Gasteiger partial charge in [-0.1, -0.05) is 61.9 Å². The average molecular weight is 501 g/mol. The Bertz CT molecular complexity index is 1120. The van der Waals surface area contributed by atoms with Gasteiger partial charge in [0.15, 0.2) is 0 Å². The van der Waals surface area contributed by atoms with E-state index in [1.54, 1.807) is 17.0 Å². The van der Waals surface area contributed by atoms with E-state index in [-0.39, 0.29) is 29.7 Å². The van der Waals surface area contributed by atoms with Crippen LogP contribution in [0.4, 0.5) is 0 Å². The molecule has 1 saturated heterocycles. The van der Waals surface area contributed by atoms with Gasteiger partial charge < -0.3 is 10.0 Å². The van der Waals surface area contributed by atoms with Gasteiger partial charge in [-0.15, -0.1) is 0 Å². The third-order valence-corrected chi connectivity index (χ3v) is 8.33. The van der Waals surface area contributed by atoms with Crippen molar-refractivity contribution in [2.24, 2.45) is 17.3 Å². The van der Waals surface area contributed by atoms with Crippen molar-refractivity contribution in [1.82, 2.24) is 9.62 Å². The van der Waals surface area contributed by atoms with Gasteiger partial charge in [-0.05, 0) is 56.2 Å². The molecule has 0 spiro atoms. The Balaban J connectivity index is 1.74. The van der Waals surface area contributed by atoms with Crippen molar-refractivity contribution in [2.75, 3.05) is 19.6 Å². The second kappa shape index (κ2) is 11.4. The molecule has 8 heteroatoms. The predicted molar refractivity (Wildman–Crippen MR) is 135 cm³/mol. The maximum atomic E-state index is 13.7. The topological polar surface area (TPSA) is 104 Å². The number of carbonyl (C=O) groups excluding carboxylic acids is 1. The molecule has 0 saturated carbocycles. The number of amides is 1. The zero-order valence-electron chi connectivity index (χ0n) is 20.7. The molecule has 35 heavy (non-hydrogen) atoms. The van der Waals surface area contributed by atoms with E-state index < -0.39 is 27.3 Å². The molecule has 0 radical (unpaired) electrons. The molecule has 1 fully saturated rings. The number of nitrogens with one attached hydrogen (secondary N) is 1. The molecule has 2 aromatic carbocycles. The van der Waals surface area contributed by atoms with Crippen molar-refractivity contribution in [3.63, 3.8) is 0 Å². The van der Waals surface area contributed by atoms with Crippen LogP contribution < -0.4 is 4.72 Å². The number of hydrogen-bond acceptors (Lipinski definition) is 4. The van der Waals surface area contributed by atoms with Crippen LogP contribution >= 0.6 is 0 Å². The molecule has 190 valence electrons. The monoisotopic (exact) mass is 500 g/mol. The van der Waals surface area contributed by atoms with Crippen LogP contribution in [0.2, 0.25) is 0 Å². The van der Waals surface area contributed by atoms with E-state index in [9.17, 15) is 23.1 Å². The number of likely N-dealkylation sites (tertiary alicyclic amines) is 1. The number of sulfonamides is 1. The number of rotatable bonds is 12. The van der Waals surface area contributed by atoms with Crippen LogP contribution in [0.25, 0.3) is 0 Å². The number of nitrogens with zero attached hydrogens (tertiary/aromatic N) is 1. The minimum atomic E-state index is -3.77. The molecule has 0 bridgehead atoms. The zero-order chi connectivity index (χ0) is 25.6. The minimum absolute atomic E-state index is 0.0470. The van der Waals surface area contributed by atoms with Crippen molar-refractivity contribution in [3.8, 4) is 0 Å². The lowest BCUT2D eigenvalue weighted by atomic mass is 9.67. The summed E-state index contributed by atoms with van der Waals surface area (Å²) in [5, 5.41) is 10.2. The van der Waals surface area contributed by atoms with Gasteiger partial charge in [0.2, 0.25) is 15.9 Å². The second-order valence-corrected chi connectivity index (χ2v) is 11.7. The fourth-order valence-corrected chi connectivity index (χ4v) is 6.19. The Morgan fingerprint density at radius 3 is 2.37 bits per heavy atom. The smallest absolute Gasteiger partial charge is 0.307 e. The lowest BCUT2D eigenvalue weighted by Gasteiger charge is -2.35. The van der Waals surface area contributed by atoms with E-state index in [0.29, 0.717) is 32.4 Å². The number of carboxylic acids is 1. The summed E-state index contributed by atoms with van der Waals surface area (Å²) < 4.78 is 27.9. The van der Waals surface area contributed by atoms with E-state index in [2.05, 4.69) is 4.72 Å². The van der Waals surface area contributed by atoms with E-state index in [1.807, 2.05) is 51.1 Å². The van der Waals surface area contributed by atoms with Crippen molar-refractivity contribution >= 4 is 21.9 Å². The van der Waals surface area contributed by atoms with Crippen molar-refractivity contribution in [2.45, 2.75) is 51.3 Å². The number of carbonyl (C=O) groups is 2. The first-order valence-electron chi connectivity index (χ1n) is 12.2. The predicted octanol–water partition coefficient (Wildman–Crippen LogP) is 3.87. The van der Waals surface area contributed by atoms with Gasteiger partial charge >= 0.3 is 5.97 Å². The summed E-state index contributed by atoms with van der Waals surface area (Å²) in [6.45, 7) is 6.84. The summed E-state index contributed by atoms with van der Waals surface area (Å²) in [7, 11) is -3.77. The Hall–Kier alpha value is -2.71. The summed E-state index contributed by atoms with van der Waals surface area (Å²) >= 11 is 0. The van der Waals surface area contributed by atoms with Crippen molar-refractivity contribution < 1.29 is 23.1 Å². The normalized spacial score (nSPS) is 19.3. The molecule has 2 unspecified atom stereocenters. The quantitative estimate of drug-likeness (QED) is 0.460. The van der Waals surface area contributed by atoms with Crippen LogP contribution in [-0.4, -0.2) is 49.9 Å². The third-order valence-electron chi connectivity index (χ3n) is 6.85. The van der Waals surface area contributed by atoms with Gasteiger partial charge in [0.25, 0.3) is 0 Å². The van der Waals surface area contributed by atoms with Gasteiger partial charge in [0, 0.05) is 19.6 Å². The number of carboxylic acid groups (broad SMARTS) is 1. The maximum Gasteiger partial charge on any atom is 0.307 e. The Morgan fingerprint density at radius 2 is 1.77 bits per heavy atom. The summed E-state index contributed by atoms with van der Waals surface area (Å²) in [5.74, 6) is -2.03. The first-order chi connectivity index (χ1) is 16.5. The molecule has 1 aliphatic rings. The summed E-state index contributed by atoms with van der Waals surface area (Å²) in [4.78, 5) is 28.0. The SMILES string of the molecule is Cc1ccc(S(=O)(=O)NCCC(C(=O)O)C2(CC(C)C)CCN(CCc3ccccc3)C2=O)cc1. The largest absolute Gasteiger partial charge is 0.481 e. The highest BCUT2D eigenvalue weighted by Crippen LogP contribution is 2.46. The van der Waals surface area contributed by atoms with E-state index >= 15 is 0 Å². The number of hydrogen-bond donors (Lipinski definition) is 2. The molecule has 2 aromatic rings. The fraction of sp³-hybridized carbons (Fsp3) is 0.481. The van der Waals surface area contributed by atoms with Crippen LogP contribution in [0.5, 0.6) is 0 Å². The van der Waals surface area contributed by atoms with Crippen LogP contribution in [-0.2, 0) is 26.0 Å². The highest BCUT2D eigenvalue weighted by molar-refractivity contribution is 7.89. The molecule has 0 aliphatic carbocycles. The molecule has 0 aromatic heterocycles. The second-order valence-electron chi connectivity index (χ2n) is 9.92. The van der Waals surface area contributed by atoms with Crippen LogP contribution in [0, 0.1) is 24.2 Å².